The minimum Gasteiger partial charge on any atom is -0.344 e. The van der Waals surface area contributed by atoms with Crippen molar-refractivity contribution in [2.45, 2.75) is 13.5 Å². The SMILES string of the molecule is Cc1nsc(N2CCN(Cc3nnsc3Cl)CC2)n1. The predicted octanol–water partition coefficient (Wildman–Crippen LogP) is 1.67. The molecule has 19 heavy (non-hydrogen) atoms. The first-order valence-electron chi connectivity index (χ1n) is 5.97. The summed E-state index contributed by atoms with van der Waals surface area (Å²) in [7, 11) is 0. The lowest BCUT2D eigenvalue weighted by molar-refractivity contribution is 0.247. The highest BCUT2D eigenvalue weighted by Gasteiger charge is 2.21. The quantitative estimate of drug-likeness (QED) is 0.858. The summed E-state index contributed by atoms with van der Waals surface area (Å²) in [4.78, 5) is 9.04. The number of hydrogen-bond donors (Lipinski definition) is 0. The number of anilines is 1. The number of nitrogens with zero attached hydrogens (tertiary/aromatic N) is 6. The van der Waals surface area contributed by atoms with Crippen LogP contribution in [0.2, 0.25) is 4.34 Å². The minimum absolute atomic E-state index is 0.696. The van der Waals surface area contributed by atoms with Gasteiger partial charge in [0.1, 0.15) is 15.9 Å². The number of halogens is 1. The average molecular weight is 317 g/mol. The molecular formula is C10H13ClN6S2. The van der Waals surface area contributed by atoms with Crippen LogP contribution in [0.1, 0.15) is 11.5 Å². The molecule has 1 fully saturated rings. The maximum atomic E-state index is 6.03. The van der Waals surface area contributed by atoms with Gasteiger partial charge < -0.3 is 4.90 Å². The van der Waals surface area contributed by atoms with Crippen molar-refractivity contribution in [2.24, 2.45) is 0 Å². The summed E-state index contributed by atoms with van der Waals surface area (Å²) in [5.74, 6) is 0.850. The van der Waals surface area contributed by atoms with E-state index in [9.17, 15) is 0 Å². The van der Waals surface area contributed by atoms with Gasteiger partial charge in [-0.15, -0.1) is 5.10 Å². The summed E-state index contributed by atoms with van der Waals surface area (Å²) < 4.78 is 8.78. The van der Waals surface area contributed by atoms with E-state index in [-0.39, 0.29) is 0 Å². The summed E-state index contributed by atoms with van der Waals surface area (Å²) in [5, 5.41) is 5.07. The van der Waals surface area contributed by atoms with Crippen molar-refractivity contribution in [1.29, 1.82) is 0 Å². The highest BCUT2D eigenvalue weighted by molar-refractivity contribution is 7.10. The van der Waals surface area contributed by atoms with Crippen LogP contribution in [0.4, 0.5) is 5.13 Å². The smallest absolute Gasteiger partial charge is 0.205 e. The maximum Gasteiger partial charge on any atom is 0.205 e. The monoisotopic (exact) mass is 316 g/mol. The molecule has 0 aliphatic carbocycles. The molecular weight excluding hydrogens is 304 g/mol. The standard InChI is InChI=1S/C10H13ClN6S2/c1-7-12-10(19-14-7)17-4-2-16(3-5-17)6-8-9(11)18-15-13-8/h2-6H2,1H3. The zero-order valence-electron chi connectivity index (χ0n) is 10.4. The van der Waals surface area contributed by atoms with Gasteiger partial charge in [0, 0.05) is 55.8 Å². The molecule has 0 spiro atoms. The number of rotatable bonds is 3. The Kier molecular flexibility index (Phi) is 3.92. The lowest BCUT2D eigenvalue weighted by Crippen LogP contribution is -2.46. The number of aromatic nitrogens is 4. The molecule has 3 heterocycles. The van der Waals surface area contributed by atoms with Gasteiger partial charge in [-0.3, -0.25) is 4.90 Å². The van der Waals surface area contributed by atoms with Crippen LogP contribution >= 0.6 is 34.7 Å². The molecule has 0 N–H and O–H groups in total. The van der Waals surface area contributed by atoms with Crippen molar-refractivity contribution in [3.05, 3.63) is 15.9 Å². The molecule has 9 heteroatoms. The van der Waals surface area contributed by atoms with E-state index in [0.29, 0.717) is 4.34 Å². The fourth-order valence-corrected chi connectivity index (χ4v) is 3.35. The Morgan fingerprint density at radius 2 is 2.00 bits per heavy atom. The van der Waals surface area contributed by atoms with Gasteiger partial charge in [0.25, 0.3) is 0 Å². The lowest BCUT2D eigenvalue weighted by atomic mass is 10.3. The summed E-state index contributed by atoms with van der Waals surface area (Å²) in [6, 6.07) is 0. The highest BCUT2D eigenvalue weighted by Crippen LogP contribution is 2.22. The average Bonchev–Trinajstić information content (AvgIpc) is 3.00. The molecule has 6 nitrogen and oxygen atoms in total. The molecule has 0 saturated carbocycles. The predicted molar refractivity (Wildman–Crippen MR) is 77.1 cm³/mol. The summed E-state index contributed by atoms with van der Waals surface area (Å²) in [5.41, 5.74) is 0.881. The van der Waals surface area contributed by atoms with Gasteiger partial charge in [0.2, 0.25) is 5.13 Å². The van der Waals surface area contributed by atoms with Crippen molar-refractivity contribution < 1.29 is 0 Å². The molecule has 2 aromatic heterocycles. The molecule has 102 valence electrons. The van der Waals surface area contributed by atoms with Gasteiger partial charge in [0.05, 0.1) is 0 Å². The topological polar surface area (TPSA) is 58.0 Å². The second kappa shape index (κ2) is 5.66. The largest absolute Gasteiger partial charge is 0.344 e. The fourth-order valence-electron chi connectivity index (χ4n) is 2.01. The van der Waals surface area contributed by atoms with Crippen molar-refractivity contribution in [2.75, 3.05) is 31.1 Å². The Balaban J connectivity index is 1.56. The zero-order chi connectivity index (χ0) is 13.2. The van der Waals surface area contributed by atoms with Crippen LogP contribution in [0, 0.1) is 6.92 Å². The van der Waals surface area contributed by atoms with Crippen LogP contribution in [0.3, 0.4) is 0 Å². The first-order valence-corrected chi connectivity index (χ1v) is 7.89. The number of aryl methyl sites for hydroxylation is 1. The fraction of sp³-hybridized carbons (Fsp3) is 0.600. The molecule has 0 atom stereocenters. The Labute approximate surface area is 124 Å². The van der Waals surface area contributed by atoms with Gasteiger partial charge >= 0.3 is 0 Å². The van der Waals surface area contributed by atoms with Crippen LogP contribution < -0.4 is 4.90 Å². The Hall–Kier alpha value is -0.830. The van der Waals surface area contributed by atoms with E-state index in [1.165, 1.54) is 23.1 Å². The molecule has 0 radical (unpaired) electrons. The summed E-state index contributed by atoms with van der Waals surface area (Å²) >= 11 is 8.74. The van der Waals surface area contributed by atoms with Crippen molar-refractivity contribution in [3.63, 3.8) is 0 Å². The van der Waals surface area contributed by atoms with Crippen LogP contribution in [0.25, 0.3) is 0 Å². The Morgan fingerprint density at radius 3 is 2.58 bits per heavy atom. The number of piperazine rings is 1. The van der Waals surface area contributed by atoms with Gasteiger partial charge in [0.15, 0.2) is 0 Å². The first kappa shape index (κ1) is 13.2. The van der Waals surface area contributed by atoms with Gasteiger partial charge in [-0.1, -0.05) is 16.1 Å². The molecule has 2 aromatic rings. The highest BCUT2D eigenvalue weighted by atomic mass is 35.5. The molecule has 0 bridgehead atoms. The molecule has 0 unspecified atom stereocenters. The van der Waals surface area contributed by atoms with Crippen molar-refractivity contribution >= 4 is 39.8 Å². The third-order valence-electron chi connectivity index (χ3n) is 3.04. The second-order valence-electron chi connectivity index (χ2n) is 4.38. The molecule has 0 amide bonds. The number of hydrogen-bond acceptors (Lipinski definition) is 8. The van der Waals surface area contributed by atoms with Crippen molar-refractivity contribution in [3.8, 4) is 0 Å². The minimum atomic E-state index is 0.696. The van der Waals surface area contributed by atoms with E-state index >= 15 is 0 Å². The van der Waals surface area contributed by atoms with E-state index in [0.717, 1.165) is 49.4 Å². The zero-order valence-corrected chi connectivity index (χ0v) is 12.8. The van der Waals surface area contributed by atoms with Gasteiger partial charge in [-0.25, -0.2) is 4.98 Å². The normalized spacial score (nSPS) is 17.1. The van der Waals surface area contributed by atoms with Crippen molar-refractivity contribution in [1.82, 2.24) is 23.8 Å². The lowest BCUT2D eigenvalue weighted by Gasteiger charge is -2.33. The molecule has 3 rings (SSSR count). The van der Waals surface area contributed by atoms with E-state index < -0.39 is 0 Å². The summed E-state index contributed by atoms with van der Waals surface area (Å²) in [6.45, 7) is 6.58. The van der Waals surface area contributed by atoms with E-state index in [1.54, 1.807) is 0 Å². The van der Waals surface area contributed by atoms with E-state index in [1.807, 2.05) is 6.92 Å². The van der Waals surface area contributed by atoms with Crippen LogP contribution in [-0.2, 0) is 6.54 Å². The van der Waals surface area contributed by atoms with Crippen LogP contribution in [0.5, 0.6) is 0 Å². The van der Waals surface area contributed by atoms with E-state index in [2.05, 4.69) is 28.7 Å². The molecule has 0 aromatic carbocycles. The second-order valence-corrected chi connectivity index (χ2v) is 6.47. The van der Waals surface area contributed by atoms with Gasteiger partial charge in [-0.2, -0.15) is 4.37 Å². The third kappa shape index (κ3) is 3.02. The van der Waals surface area contributed by atoms with E-state index in [4.69, 9.17) is 11.6 Å². The van der Waals surface area contributed by atoms with Gasteiger partial charge in [-0.05, 0) is 6.92 Å². The third-order valence-corrected chi connectivity index (χ3v) is 4.90. The Bertz CT molecular complexity index is 548. The van der Waals surface area contributed by atoms with Crippen LogP contribution in [0.15, 0.2) is 0 Å². The first-order chi connectivity index (χ1) is 9.22. The summed E-state index contributed by atoms with van der Waals surface area (Å²) in [6.07, 6.45) is 0. The Morgan fingerprint density at radius 1 is 1.21 bits per heavy atom. The molecule has 1 saturated heterocycles. The van der Waals surface area contributed by atoms with Crippen LogP contribution in [-0.4, -0.2) is 50.0 Å². The molecule has 1 aliphatic heterocycles. The maximum absolute atomic E-state index is 6.03. The molecule has 1 aliphatic rings.